The van der Waals surface area contributed by atoms with Crippen molar-refractivity contribution in [3.05, 3.63) is 34.6 Å². The second kappa shape index (κ2) is 6.69. The zero-order valence-corrected chi connectivity index (χ0v) is 12.2. The zero-order valence-electron chi connectivity index (χ0n) is 11.4. The second-order valence-electron chi connectivity index (χ2n) is 5.37. The van der Waals surface area contributed by atoms with Gasteiger partial charge in [0.2, 0.25) is 0 Å². The number of halogens is 2. The van der Waals surface area contributed by atoms with E-state index >= 15 is 0 Å². The average molecular weight is 285 g/mol. The summed E-state index contributed by atoms with van der Waals surface area (Å²) in [4.78, 5) is 2.32. The van der Waals surface area contributed by atoms with Gasteiger partial charge in [0.15, 0.2) is 0 Å². The third-order valence-corrected chi connectivity index (χ3v) is 4.51. The van der Waals surface area contributed by atoms with E-state index in [1.807, 2.05) is 0 Å². The van der Waals surface area contributed by atoms with Gasteiger partial charge in [-0.25, -0.2) is 4.39 Å². The van der Waals surface area contributed by atoms with Crippen molar-refractivity contribution < 1.29 is 4.39 Å². The molecule has 4 heteroatoms. The Morgan fingerprint density at radius 2 is 2.05 bits per heavy atom. The Morgan fingerprint density at radius 1 is 1.37 bits per heavy atom. The van der Waals surface area contributed by atoms with Gasteiger partial charge in [-0.15, -0.1) is 0 Å². The summed E-state index contributed by atoms with van der Waals surface area (Å²) in [5.41, 5.74) is 6.85. The molecule has 0 radical (unpaired) electrons. The molecule has 0 amide bonds. The van der Waals surface area contributed by atoms with Gasteiger partial charge in [0.25, 0.3) is 0 Å². The van der Waals surface area contributed by atoms with Crippen LogP contribution in [0.4, 0.5) is 4.39 Å². The largest absolute Gasteiger partial charge is 0.329 e. The fourth-order valence-electron chi connectivity index (χ4n) is 3.03. The Labute approximate surface area is 119 Å². The molecular weight excluding hydrogens is 263 g/mol. The molecule has 1 aromatic rings. The van der Waals surface area contributed by atoms with Crippen molar-refractivity contribution in [1.29, 1.82) is 0 Å². The highest BCUT2D eigenvalue weighted by Gasteiger charge is 2.26. The summed E-state index contributed by atoms with van der Waals surface area (Å²) in [5, 5.41) is 0.470. The predicted octanol–water partition coefficient (Wildman–Crippen LogP) is 3.74. The van der Waals surface area contributed by atoms with Crippen LogP contribution in [0.5, 0.6) is 0 Å². The first-order valence-electron chi connectivity index (χ1n) is 7.00. The van der Waals surface area contributed by atoms with E-state index in [-0.39, 0.29) is 11.9 Å². The molecule has 106 valence electrons. The van der Waals surface area contributed by atoms with Crippen molar-refractivity contribution in [2.24, 2.45) is 5.73 Å². The molecule has 0 bridgehead atoms. The van der Waals surface area contributed by atoms with Crippen LogP contribution in [0.3, 0.4) is 0 Å². The van der Waals surface area contributed by atoms with Crippen LogP contribution in [0, 0.1) is 5.82 Å². The van der Waals surface area contributed by atoms with Crippen LogP contribution in [0.1, 0.15) is 43.7 Å². The third kappa shape index (κ3) is 3.47. The maximum Gasteiger partial charge on any atom is 0.124 e. The van der Waals surface area contributed by atoms with Crippen LogP contribution in [0.2, 0.25) is 5.02 Å². The number of hydrogen-bond acceptors (Lipinski definition) is 2. The Kier molecular flexibility index (Phi) is 5.20. The monoisotopic (exact) mass is 284 g/mol. The Balaban J connectivity index is 2.18. The van der Waals surface area contributed by atoms with Gasteiger partial charge in [-0.1, -0.05) is 36.9 Å². The molecule has 1 saturated carbocycles. The van der Waals surface area contributed by atoms with Crippen molar-refractivity contribution in [3.63, 3.8) is 0 Å². The van der Waals surface area contributed by atoms with Crippen LogP contribution in [-0.2, 0) is 0 Å². The molecule has 1 atom stereocenters. The molecule has 0 saturated heterocycles. The van der Waals surface area contributed by atoms with Gasteiger partial charge in [0, 0.05) is 23.7 Å². The van der Waals surface area contributed by atoms with Crippen LogP contribution >= 0.6 is 11.6 Å². The summed E-state index contributed by atoms with van der Waals surface area (Å²) >= 11 is 6.16. The molecular formula is C15H22ClFN2. The Bertz CT molecular complexity index is 419. The lowest BCUT2D eigenvalue weighted by atomic mass is 9.92. The molecule has 1 aromatic carbocycles. The molecule has 1 aliphatic rings. The molecule has 0 spiro atoms. The fourth-order valence-corrected chi connectivity index (χ4v) is 3.32. The molecule has 2 nitrogen and oxygen atoms in total. The minimum absolute atomic E-state index is 0.0659. The maximum atomic E-state index is 13.1. The van der Waals surface area contributed by atoms with Crippen LogP contribution in [-0.4, -0.2) is 24.5 Å². The lowest BCUT2D eigenvalue weighted by molar-refractivity contribution is 0.141. The number of benzene rings is 1. The van der Waals surface area contributed by atoms with Crippen LogP contribution < -0.4 is 5.73 Å². The number of rotatable bonds is 4. The van der Waals surface area contributed by atoms with Gasteiger partial charge in [-0.3, -0.25) is 4.90 Å². The predicted molar refractivity (Wildman–Crippen MR) is 77.8 cm³/mol. The van der Waals surface area contributed by atoms with Gasteiger partial charge in [-0.2, -0.15) is 0 Å². The quantitative estimate of drug-likeness (QED) is 0.912. The van der Waals surface area contributed by atoms with Gasteiger partial charge >= 0.3 is 0 Å². The normalized spacial score (nSPS) is 18.8. The first kappa shape index (κ1) is 14.8. The number of likely N-dealkylation sites (N-methyl/N-ethyl adjacent to an activating group) is 1. The smallest absolute Gasteiger partial charge is 0.124 e. The first-order chi connectivity index (χ1) is 9.13. The SMILES string of the molecule is CN(C1CCCCC1)C(CN)c1ccc(F)cc1Cl. The summed E-state index contributed by atoms with van der Waals surface area (Å²) in [5.74, 6) is -0.301. The van der Waals surface area contributed by atoms with E-state index in [0.717, 1.165) is 5.56 Å². The van der Waals surface area contributed by atoms with Gasteiger partial charge in [-0.05, 0) is 37.6 Å². The molecule has 0 aliphatic heterocycles. The highest BCUT2D eigenvalue weighted by molar-refractivity contribution is 6.31. The van der Waals surface area contributed by atoms with E-state index in [0.29, 0.717) is 17.6 Å². The van der Waals surface area contributed by atoms with Crippen molar-refractivity contribution >= 4 is 11.6 Å². The van der Waals surface area contributed by atoms with Gasteiger partial charge in [0.1, 0.15) is 5.82 Å². The summed E-state index contributed by atoms with van der Waals surface area (Å²) in [7, 11) is 2.10. The van der Waals surface area contributed by atoms with E-state index in [4.69, 9.17) is 17.3 Å². The van der Waals surface area contributed by atoms with Crippen LogP contribution in [0.15, 0.2) is 18.2 Å². The van der Waals surface area contributed by atoms with Crippen molar-refractivity contribution in [3.8, 4) is 0 Å². The lowest BCUT2D eigenvalue weighted by Crippen LogP contribution is -2.39. The summed E-state index contributed by atoms with van der Waals surface area (Å²) in [6.45, 7) is 0.498. The topological polar surface area (TPSA) is 29.3 Å². The minimum atomic E-state index is -0.301. The third-order valence-electron chi connectivity index (χ3n) is 4.19. The number of hydrogen-bond donors (Lipinski definition) is 1. The summed E-state index contributed by atoms with van der Waals surface area (Å²) in [6.07, 6.45) is 6.32. The van der Waals surface area contributed by atoms with Crippen LogP contribution in [0.25, 0.3) is 0 Å². The highest BCUT2D eigenvalue weighted by Crippen LogP contribution is 2.32. The van der Waals surface area contributed by atoms with Crippen molar-refractivity contribution in [1.82, 2.24) is 4.90 Å². The zero-order chi connectivity index (χ0) is 13.8. The summed E-state index contributed by atoms with van der Waals surface area (Å²) in [6, 6.07) is 5.21. The van der Waals surface area contributed by atoms with E-state index in [1.54, 1.807) is 6.07 Å². The molecule has 1 aliphatic carbocycles. The van der Waals surface area contributed by atoms with Crippen molar-refractivity contribution in [2.75, 3.05) is 13.6 Å². The van der Waals surface area contributed by atoms with Crippen molar-refractivity contribution in [2.45, 2.75) is 44.2 Å². The standard InChI is InChI=1S/C15H22ClFN2/c1-19(12-5-3-2-4-6-12)15(10-18)13-8-7-11(17)9-14(13)16/h7-9,12,15H,2-6,10,18H2,1H3. The van der Waals surface area contributed by atoms with Gasteiger partial charge in [0.05, 0.1) is 0 Å². The first-order valence-corrected chi connectivity index (χ1v) is 7.38. The molecule has 1 fully saturated rings. The van der Waals surface area contributed by atoms with E-state index in [2.05, 4.69) is 11.9 Å². The molecule has 1 unspecified atom stereocenters. The molecule has 0 aromatic heterocycles. The Morgan fingerprint density at radius 3 is 2.63 bits per heavy atom. The number of nitrogens with zero attached hydrogens (tertiary/aromatic N) is 1. The number of nitrogens with two attached hydrogens (primary N) is 1. The minimum Gasteiger partial charge on any atom is -0.329 e. The second-order valence-corrected chi connectivity index (χ2v) is 5.78. The summed E-state index contributed by atoms with van der Waals surface area (Å²) < 4.78 is 13.1. The maximum absolute atomic E-state index is 13.1. The van der Waals surface area contributed by atoms with E-state index in [1.165, 1.54) is 44.2 Å². The van der Waals surface area contributed by atoms with E-state index in [9.17, 15) is 4.39 Å². The fraction of sp³-hybridized carbons (Fsp3) is 0.600. The highest BCUT2D eigenvalue weighted by atomic mass is 35.5. The van der Waals surface area contributed by atoms with E-state index < -0.39 is 0 Å². The lowest BCUT2D eigenvalue weighted by Gasteiger charge is -2.37. The van der Waals surface area contributed by atoms with Gasteiger partial charge < -0.3 is 5.73 Å². The molecule has 2 N–H and O–H groups in total. The molecule has 0 heterocycles. The molecule has 19 heavy (non-hydrogen) atoms. The molecule has 2 rings (SSSR count). The Hall–Kier alpha value is -0.640. The average Bonchev–Trinajstić information content (AvgIpc) is 2.42.